The minimum Gasteiger partial charge on any atom is -0.323 e. The van der Waals surface area contributed by atoms with Crippen molar-refractivity contribution in [3.8, 4) is 5.69 Å². The predicted octanol–water partition coefficient (Wildman–Crippen LogP) is 3.37. The molecule has 0 amide bonds. The van der Waals surface area contributed by atoms with E-state index in [9.17, 15) is 4.39 Å². The Morgan fingerprint density at radius 1 is 1.37 bits per heavy atom. The van der Waals surface area contributed by atoms with Gasteiger partial charge in [0.1, 0.15) is 5.82 Å². The number of aromatic nitrogens is 2. The Labute approximate surface area is 113 Å². The van der Waals surface area contributed by atoms with Crippen LogP contribution in [0.4, 0.5) is 4.39 Å². The summed E-state index contributed by atoms with van der Waals surface area (Å²) in [4.78, 5) is 4.17. The molecule has 1 aromatic heterocycles. The van der Waals surface area contributed by atoms with E-state index in [1.165, 1.54) is 6.07 Å². The molecule has 1 atom stereocenters. The Morgan fingerprint density at radius 2 is 2.11 bits per heavy atom. The summed E-state index contributed by atoms with van der Waals surface area (Å²) in [7, 11) is 0. The first kappa shape index (κ1) is 13.7. The number of hydrogen-bond acceptors (Lipinski definition) is 2. The molecule has 0 spiro atoms. The van der Waals surface area contributed by atoms with Crippen molar-refractivity contribution in [2.75, 3.05) is 0 Å². The number of hydrogen-bond donors (Lipinski definition) is 1. The van der Waals surface area contributed by atoms with Crippen molar-refractivity contribution in [1.29, 1.82) is 0 Å². The number of imidazole rings is 1. The average Bonchev–Trinajstić information content (AvgIpc) is 2.81. The molecule has 0 bridgehead atoms. The van der Waals surface area contributed by atoms with Crippen molar-refractivity contribution in [2.24, 2.45) is 11.7 Å². The molecule has 0 aliphatic heterocycles. The number of rotatable bonds is 4. The van der Waals surface area contributed by atoms with Crippen molar-refractivity contribution in [3.05, 3.63) is 47.8 Å². The zero-order chi connectivity index (χ0) is 14.0. The highest BCUT2D eigenvalue weighted by molar-refractivity contribution is 5.38. The van der Waals surface area contributed by atoms with Gasteiger partial charge in [-0.1, -0.05) is 13.8 Å². The van der Waals surface area contributed by atoms with Gasteiger partial charge in [0.2, 0.25) is 0 Å². The molecule has 0 fully saturated rings. The molecule has 0 saturated heterocycles. The molecule has 1 unspecified atom stereocenters. The van der Waals surface area contributed by atoms with Crippen LogP contribution >= 0.6 is 0 Å². The van der Waals surface area contributed by atoms with E-state index in [4.69, 9.17) is 5.73 Å². The molecule has 0 saturated carbocycles. The van der Waals surface area contributed by atoms with Crippen LogP contribution in [0.3, 0.4) is 0 Å². The van der Waals surface area contributed by atoms with E-state index < -0.39 is 0 Å². The first-order valence-electron chi connectivity index (χ1n) is 6.53. The number of nitrogens with zero attached hydrogens (tertiary/aromatic N) is 2. The van der Waals surface area contributed by atoms with E-state index in [0.29, 0.717) is 11.5 Å². The van der Waals surface area contributed by atoms with Crippen LogP contribution in [-0.4, -0.2) is 9.55 Å². The summed E-state index contributed by atoms with van der Waals surface area (Å²) < 4.78 is 15.3. The molecule has 1 aromatic carbocycles. The molecule has 2 aromatic rings. The van der Waals surface area contributed by atoms with Crippen LogP contribution in [0.15, 0.2) is 30.7 Å². The van der Waals surface area contributed by atoms with Crippen molar-refractivity contribution in [1.82, 2.24) is 9.55 Å². The van der Waals surface area contributed by atoms with E-state index in [1.54, 1.807) is 25.5 Å². The number of benzene rings is 1. The maximum Gasteiger partial charge on any atom is 0.126 e. The summed E-state index contributed by atoms with van der Waals surface area (Å²) in [6.07, 6.45) is 4.40. The highest BCUT2D eigenvalue weighted by atomic mass is 19.1. The molecule has 102 valence electrons. The van der Waals surface area contributed by atoms with Crippen molar-refractivity contribution in [2.45, 2.75) is 33.2 Å². The molecule has 4 heteroatoms. The van der Waals surface area contributed by atoms with Crippen LogP contribution in [-0.2, 0) is 0 Å². The van der Waals surface area contributed by atoms with Gasteiger partial charge in [0.25, 0.3) is 0 Å². The minimum atomic E-state index is -0.197. The Morgan fingerprint density at radius 3 is 2.74 bits per heavy atom. The van der Waals surface area contributed by atoms with Crippen LogP contribution in [0.25, 0.3) is 5.69 Å². The van der Waals surface area contributed by atoms with Crippen LogP contribution < -0.4 is 5.73 Å². The van der Waals surface area contributed by atoms with Crippen molar-refractivity contribution < 1.29 is 4.39 Å². The van der Waals surface area contributed by atoms with Gasteiger partial charge in [-0.2, -0.15) is 0 Å². The summed E-state index contributed by atoms with van der Waals surface area (Å²) in [5.41, 5.74) is 8.68. The summed E-state index contributed by atoms with van der Waals surface area (Å²) >= 11 is 0. The molecule has 19 heavy (non-hydrogen) atoms. The lowest BCUT2D eigenvalue weighted by Gasteiger charge is -2.17. The van der Waals surface area contributed by atoms with E-state index in [-0.39, 0.29) is 11.9 Å². The topological polar surface area (TPSA) is 43.8 Å². The number of aryl methyl sites for hydroxylation is 1. The van der Waals surface area contributed by atoms with E-state index >= 15 is 0 Å². The zero-order valence-electron chi connectivity index (χ0n) is 11.6. The maximum absolute atomic E-state index is 13.3. The second-order valence-electron chi connectivity index (χ2n) is 5.36. The first-order chi connectivity index (χ1) is 8.99. The smallest absolute Gasteiger partial charge is 0.126 e. The monoisotopic (exact) mass is 261 g/mol. The fraction of sp³-hybridized carbons (Fsp3) is 0.400. The molecule has 2 N–H and O–H groups in total. The Kier molecular flexibility index (Phi) is 4.00. The highest BCUT2D eigenvalue weighted by Gasteiger charge is 2.14. The maximum atomic E-state index is 13.3. The lowest BCUT2D eigenvalue weighted by Crippen LogP contribution is -2.16. The summed E-state index contributed by atoms with van der Waals surface area (Å²) in [6.45, 7) is 6.04. The molecule has 1 heterocycles. The van der Waals surface area contributed by atoms with Crippen LogP contribution in [0.1, 0.15) is 37.6 Å². The summed E-state index contributed by atoms with van der Waals surface area (Å²) in [6, 6.07) is 4.97. The lowest BCUT2D eigenvalue weighted by molar-refractivity contribution is 0.498. The van der Waals surface area contributed by atoms with Gasteiger partial charge in [-0.15, -0.1) is 0 Å². The van der Waals surface area contributed by atoms with Gasteiger partial charge in [0.15, 0.2) is 0 Å². The molecule has 0 aliphatic rings. The van der Waals surface area contributed by atoms with Crippen LogP contribution in [0.5, 0.6) is 0 Å². The fourth-order valence-corrected chi connectivity index (χ4v) is 2.20. The first-order valence-corrected chi connectivity index (χ1v) is 6.53. The van der Waals surface area contributed by atoms with Gasteiger partial charge in [-0.3, -0.25) is 0 Å². The molecular weight excluding hydrogens is 241 g/mol. The SMILES string of the molecule is Cc1cc(-n2cncc2C(N)CC(C)C)ccc1F. The second kappa shape index (κ2) is 5.53. The minimum absolute atomic E-state index is 0.0622. The third kappa shape index (κ3) is 3.01. The third-order valence-corrected chi connectivity index (χ3v) is 3.19. The lowest BCUT2D eigenvalue weighted by atomic mass is 10.0. The molecule has 2 rings (SSSR count). The molecule has 0 aliphatic carbocycles. The largest absolute Gasteiger partial charge is 0.323 e. The Bertz CT molecular complexity index is 560. The standard InChI is InChI=1S/C15H20FN3/c1-10(2)6-14(17)15-8-18-9-19(15)12-4-5-13(16)11(3)7-12/h4-5,7-10,14H,6,17H2,1-3H3. The van der Waals surface area contributed by atoms with Crippen molar-refractivity contribution >= 4 is 0 Å². The zero-order valence-corrected chi connectivity index (χ0v) is 11.6. The summed E-state index contributed by atoms with van der Waals surface area (Å²) in [5, 5.41) is 0. The third-order valence-electron chi connectivity index (χ3n) is 3.19. The van der Waals surface area contributed by atoms with Gasteiger partial charge in [-0.25, -0.2) is 9.37 Å². The van der Waals surface area contributed by atoms with Gasteiger partial charge >= 0.3 is 0 Å². The van der Waals surface area contributed by atoms with Crippen molar-refractivity contribution in [3.63, 3.8) is 0 Å². The normalized spacial score (nSPS) is 12.9. The van der Waals surface area contributed by atoms with Crippen LogP contribution in [0, 0.1) is 18.7 Å². The summed E-state index contributed by atoms with van der Waals surface area (Å²) in [5.74, 6) is 0.324. The Hall–Kier alpha value is -1.68. The quantitative estimate of drug-likeness (QED) is 0.917. The predicted molar refractivity (Wildman–Crippen MR) is 74.6 cm³/mol. The average molecular weight is 261 g/mol. The number of halogens is 1. The van der Waals surface area contributed by atoms with Gasteiger partial charge in [-0.05, 0) is 43.0 Å². The van der Waals surface area contributed by atoms with E-state index in [1.807, 2.05) is 10.6 Å². The highest BCUT2D eigenvalue weighted by Crippen LogP contribution is 2.22. The van der Waals surface area contributed by atoms with Crippen LogP contribution in [0.2, 0.25) is 0 Å². The molecule has 3 nitrogen and oxygen atoms in total. The van der Waals surface area contributed by atoms with Gasteiger partial charge in [0, 0.05) is 11.7 Å². The van der Waals surface area contributed by atoms with Gasteiger partial charge < -0.3 is 10.3 Å². The molecule has 0 radical (unpaired) electrons. The van der Waals surface area contributed by atoms with E-state index in [0.717, 1.165) is 17.8 Å². The second-order valence-corrected chi connectivity index (χ2v) is 5.36. The van der Waals surface area contributed by atoms with E-state index in [2.05, 4.69) is 18.8 Å². The fourth-order valence-electron chi connectivity index (χ4n) is 2.20. The molecular formula is C15H20FN3. The van der Waals surface area contributed by atoms with Gasteiger partial charge in [0.05, 0.1) is 18.2 Å². The Balaban J connectivity index is 2.35. The number of nitrogens with two attached hydrogens (primary N) is 1.